The molecule has 0 radical (unpaired) electrons. The number of halogens is 1. The van der Waals surface area contributed by atoms with Gasteiger partial charge in [0.05, 0.1) is 6.61 Å². The van der Waals surface area contributed by atoms with Gasteiger partial charge in [-0.05, 0) is 31.5 Å². The first-order valence-electron chi connectivity index (χ1n) is 4.13. The smallest absolute Gasteiger partial charge is 0.267 e. The minimum absolute atomic E-state index is 0.00432. The van der Waals surface area contributed by atoms with Crippen LogP contribution in [0.2, 0.25) is 0 Å². The Bertz CT molecular complexity index is 426. The van der Waals surface area contributed by atoms with E-state index >= 15 is 0 Å². The maximum absolute atomic E-state index is 13.2. The van der Waals surface area contributed by atoms with Gasteiger partial charge >= 0.3 is 0 Å². The van der Waals surface area contributed by atoms with Gasteiger partial charge in [-0.2, -0.15) is 8.42 Å². The van der Waals surface area contributed by atoms with Gasteiger partial charge < -0.3 is 0 Å². The van der Waals surface area contributed by atoms with Crippen LogP contribution >= 0.6 is 0 Å². The molecule has 3 nitrogen and oxygen atoms in total. The standard InChI is InChI=1S/C9H11FO3S/c1-3-13-14(11,12)9-5-4-7(2)6-8(9)10/h4-6H,3H2,1-2H3. The molecule has 1 rings (SSSR count). The molecule has 0 bridgehead atoms. The summed E-state index contributed by atoms with van der Waals surface area (Å²) in [5, 5.41) is 0. The summed E-state index contributed by atoms with van der Waals surface area (Å²) in [7, 11) is -3.93. The van der Waals surface area contributed by atoms with Crippen LogP contribution in [0.4, 0.5) is 4.39 Å². The van der Waals surface area contributed by atoms with Crippen LogP contribution in [0.3, 0.4) is 0 Å². The minimum atomic E-state index is -3.93. The van der Waals surface area contributed by atoms with E-state index in [0.29, 0.717) is 5.56 Å². The molecular formula is C9H11FO3S. The van der Waals surface area contributed by atoms with Gasteiger partial charge in [0.2, 0.25) is 0 Å². The van der Waals surface area contributed by atoms with Gasteiger partial charge in [-0.3, -0.25) is 4.18 Å². The number of benzene rings is 1. The molecule has 14 heavy (non-hydrogen) atoms. The molecule has 0 spiro atoms. The summed E-state index contributed by atoms with van der Waals surface area (Å²) in [6.45, 7) is 3.21. The van der Waals surface area contributed by atoms with Crippen LogP contribution in [0.15, 0.2) is 23.1 Å². The van der Waals surface area contributed by atoms with Gasteiger partial charge in [-0.25, -0.2) is 4.39 Å². The second kappa shape index (κ2) is 4.06. The first-order valence-corrected chi connectivity index (χ1v) is 5.54. The molecule has 0 aliphatic heterocycles. The highest BCUT2D eigenvalue weighted by Gasteiger charge is 2.18. The van der Waals surface area contributed by atoms with Gasteiger partial charge in [-0.15, -0.1) is 0 Å². The first kappa shape index (κ1) is 11.1. The Morgan fingerprint density at radius 3 is 2.57 bits per heavy atom. The quantitative estimate of drug-likeness (QED) is 0.727. The van der Waals surface area contributed by atoms with Gasteiger partial charge in [-0.1, -0.05) is 6.07 Å². The number of hydrogen-bond acceptors (Lipinski definition) is 3. The molecule has 0 aliphatic carbocycles. The first-order chi connectivity index (χ1) is 6.47. The summed E-state index contributed by atoms with van der Waals surface area (Å²) in [6, 6.07) is 3.89. The van der Waals surface area contributed by atoms with Gasteiger partial charge in [0.15, 0.2) is 0 Å². The zero-order valence-electron chi connectivity index (χ0n) is 7.95. The van der Waals surface area contributed by atoms with Crippen molar-refractivity contribution in [1.82, 2.24) is 0 Å². The lowest BCUT2D eigenvalue weighted by Gasteiger charge is -2.04. The van der Waals surface area contributed by atoms with Crippen molar-refractivity contribution in [2.75, 3.05) is 6.61 Å². The second-order valence-electron chi connectivity index (χ2n) is 2.79. The molecule has 0 aromatic heterocycles. The fourth-order valence-electron chi connectivity index (χ4n) is 1.03. The molecule has 0 heterocycles. The second-order valence-corrected chi connectivity index (χ2v) is 4.38. The van der Waals surface area contributed by atoms with Crippen molar-refractivity contribution in [3.8, 4) is 0 Å². The van der Waals surface area contributed by atoms with E-state index in [0.717, 1.165) is 6.07 Å². The van der Waals surface area contributed by atoms with Crippen molar-refractivity contribution in [3.63, 3.8) is 0 Å². The molecule has 1 aromatic rings. The molecule has 0 fully saturated rings. The highest BCUT2D eigenvalue weighted by atomic mass is 32.2. The van der Waals surface area contributed by atoms with E-state index in [1.54, 1.807) is 6.92 Å². The molecule has 1 aromatic carbocycles. The van der Waals surface area contributed by atoms with E-state index < -0.39 is 20.8 Å². The van der Waals surface area contributed by atoms with Crippen molar-refractivity contribution < 1.29 is 17.0 Å². The molecule has 5 heteroatoms. The van der Waals surface area contributed by atoms with Crippen molar-refractivity contribution in [3.05, 3.63) is 29.6 Å². The average molecular weight is 218 g/mol. The number of hydrogen-bond donors (Lipinski definition) is 0. The molecule has 0 aliphatic rings. The lowest BCUT2D eigenvalue weighted by molar-refractivity contribution is 0.335. The van der Waals surface area contributed by atoms with Crippen LogP contribution in [0.1, 0.15) is 12.5 Å². The van der Waals surface area contributed by atoms with Crippen LogP contribution in [-0.4, -0.2) is 15.0 Å². The van der Waals surface area contributed by atoms with E-state index in [4.69, 9.17) is 0 Å². The lowest BCUT2D eigenvalue weighted by Crippen LogP contribution is -2.08. The van der Waals surface area contributed by atoms with Crippen molar-refractivity contribution in [2.45, 2.75) is 18.7 Å². The summed E-state index contributed by atoms with van der Waals surface area (Å²) in [4.78, 5) is -0.412. The van der Waals surface area contributed by atoms with Crippen LogP contribution in [0, 0.1) is 12.7 Å². The maximum Gasteiger partial charge on any atom is 0.299 e. The molecule has 0 saturated carbocycles. The topological polar surface area (TPSA) is 43.4 Å². The summed E-state index contributed by atoms with van der Waals surface area (Å²) in [5.74, 6) is -0.779. The monoisotopic (exact) mass is 218 g/mol. The largest absolute Gasteiger partial charge is 0.299 e. The van der Waals surface area contributed by atoms with Crippen LogP contribution in [-0.2, 0) is 14.3 Å². The molecule has 0 amide bonds. The highest BCUT2D eigenvalue weighted by Crippen LogP contribution is 2.17. The van der Waals surface area contributed by atoms with E-state index in [-0.39, 0.29) is 6.61 Å². The van der Waals surface area contributed by atoms with E-state index in [9.17, 15) is 12.8 Å². The Hall–Kier alpha value is -0.940. The van der Waals surface area contributed by atoms with Gasteiger partial charge in [0.1, 0.15) is 10.7 Å². The van der Waals surface area contributed by atoms with Crippen molar-refractivity contribution >= 4 is 10.1 Å². The Kier molecular flexibility index (Phi) is 3.23. The number of aryl methyl sites for hydroxylation is 1. The zero-order chi connectivity index (χ0) is 10.8. The van der Waals surface area contributed by atoms with Crippen LogP contribution in [0.25, 0.3) is 0 Å². The minimum Gasteiger partial charge on any atom is -0.267 e. The Balaban J connectivity index is 3.20. The summed E-state index contributed by atoms with van der Waals surface area (Å²) >= 11 is 0. The Morgan fingerprint density at radius 2 is 2.07 bits per heavy atom. The number of rotatable bonds is 3. The van der Waals surface area contributed by atoms with Crippen LogP contribution < -0.4 is 0 Å². The SMILES string of the molecule is CCOS(=O)(=O)c1ccc(C)cc1F. The highest BCUT2D eigenvalue weighted by molar-refractivity contribution is 7.86. The molecular weight excluding hydrogens is 207 g/mol. The Morgan fingerprint density at radius 1 is 1.43 bits per heavy atom. The summed E-state index contributed by atoms with van der Waals surface area (Å²) < 4.78 is 40.3. The fourth-order valence-corrected chi connectivity index (χ4v) is 2.00. The Labute approximate surface area is 82.6 Å². The summed E-state index contributed by atoms with van der Waals surface area (Å²) in [5.41, 5.74) is 0.665. The van der Waals surface area contributed by atoms with E-state index in [1.165, 1.54) is 19.1 Å². The third-order valence-electron chi connectivity index (χ3n) is 1.63. The third kappa shape index (κ3) is 2.30. The lowest BCUT2D eigenvalue weighted by atomic mass is 10.2. The van der Waals surface area contributed by atoms with Gasteiger partial charge in [0, 0.05) is 0 Å². The van der Waals surface area contributed by atoms with Crippen LogP contribution in [0.5, 0.6) is 0 Å². The predicted molar refractivity (Wildman–Crippen MR) is 49.9 cm³/mol. The average Bonchev–Trinajstić information content (AvgIpc) is 2.02. The normalized spacial score (nSPS) is 11.6. The van der Waals surface area contributed by atoms with E-state index in [1.807, 2.05) is 0 Å². The molecule has 0 saturated heterocycles. The molecule has 0 atom stereocenters. The molecule has 78 valence electrons. The third-order valence-corrected chi connectivity index (χ3v) is 3.05. The fraction of sp³-hybridized carbons (Fsp3) is 0.333. The zero-order valence-corrected chi connectivity index (χ0v) is 8.77. The molecule has 0 N–H and O–H groups in total. The maximum atomic E-state index is 13.2. The summed E-state index contributed by atoms with van der Waals surface area (Å²) in [6.07, 6.45) is 0. The van der Waals surface area contributed by atoms with Crippen molar-refractivity contribution in [2.24, 2.45) is 0 Å². The van der Waals surface area contributed by atoms with Gasteiger partial charge in [0.25, 0.3) is 10.1 Å². The molecule has 0 unspecified atom stereocenters. The predicted octanol–water partition coefficient (Wildman–Crippen LogP) is 1.86. The van der Waals surface area contributed by atoms with E-state index in [2.05, 4.69) is 4.18 Å². The van der Waals surface area contributed by atoms with Crippen molar-refractivity contribution in [1.29, 1.82) is 0 Å².